The van der Waals surface area contributed by atoms with Gasteiger partial charge in [-0.25, -0.2) is 4.39 Å². The Morgan fingerprint density at radius 1 is 0.970 bits per heavy atom. The fourth-order valence-corrected chi connectivity index (χ4v) is 3.00. The van der Waals surface area contributed by atoms with Gasteiger partial charge in [-0.05, 0) is 65.9 Å². The molecule has 0 aliphatic rings. The first-order valence-corrected chi connectivity index (χ1v) is 9.90. The van der Waals surface area contributed by atoms with Crippen molar-refractivity contribution in [2.45, 2.75) is 6.54 Å². The molecular formula is C23H19FN6O3. The summed E-state index contributed by atoms with van der Waals surface area (Å²) in [4.78, 5) is 26.0. The summed E-state index contributed by atoms with van der Waals surface area (Å²) in [5.41, 5.74) is 1.89. The fourth-order valence-electron chi connectivity index (χ4n) is 3.00. The van der Waals surface area contributed by atoms with Crippen LogP contribution < -0.4 is 15.4 Å². The van der Waals surface area contributed by atoms with E-state index in [-0.39, 0.29) is 18.3 Å². The number of amides is 2. The molecule has 0 aliphatic carbocycles. The van der Waals surface area contributed by atoms with Crippen molar-refractivity contribution >= 4 is 23.2 Å². The number of anilines is 2. The molecule has 10 heteroatoms. The zero-order valence-electron chi connectivity index (χ0n) is 17.5. The topological polar surface area (TPSA) is 111 Å². The number of benzene rings is 3. The number of tetrazole rings is 1. The molecule has 4 aromatic rings. The molecule has 33 heavy (non-hydrogen) atoms. The molecule has 0 fully saturated rings. The van der Waals surface area contributed by atoms with Crippen LogP contribution in [0.2, 0.25) is 0 Å². The lowest BCUT2D eigenvalue weighted by molar-refractivity contribution is -0.117. The summed E-state index contributed by atoms with van der Waals surface area (Å²) >= 11 is 0. The Kier molecular flexibility index (Phi) is 6.35. The van der Waals surface area contributed by atoms with Crippen molar-refractivity contribution in [2.24, 2.45) is 0 Å². The van der Waals surface area contributed by atoms with Crippen molar-refractivity contribution in [1.82, 2.24) is 20.2 Å². The highest BCUT2D eigenvalue weighted by Gasteiger charge is 2.15. The Morgan fingerprint density at radius 3 is 2.42 bits per heavy atom. The average molecular weight is 446 g/mol. The van der Waals surface area contributed by atoms with Crippen LogP contribution >= 0.6 is 0 Å². The van der Waals surface area contributed by atoms with E-state index in [0.717, 1.165) is 4.80 Å². The molecule has 1 aromatic heterocycles. The highest BCUT2D eigenvalue weighted by molar-refractivity contribution is 6.06. The largest absolute Gasteiger partial charge is 0.497 e. The minimum Gasteiger partial charge on any atom is -0.497 e. The van der Waals surface area contributed by atoms with Gasteiger partial charge >= 0.3 is 0 Å². The van der Waals surface area contributed by atoms with Crippen molar-refractivity contribution < 1.29 is 18.7 Å². The van der Waals surface area contributed by atoms with Crippen molar-refractivity contribution in [3.63, 3.8) is 0 Å². The highest BCUT2D eigenvalue weighted by atomic mass is 19.1. The molecular weight excluding hydrogens is 427 g/mol. The van der Waals surface area contributed by atoms with Crippen molar-refractivity contribution in [3.8, 4) is 17.1 Å². The molecule has 0 unspecified atom stereocenters. The van der Waals surface area contributed by atoms with Gasteiger partial charge < -0.3 is 15.4 Å². The molecule has 0 bridgehead atoms. The zero-order chi connectivity index (χ0) is 23.2. The molecule has 9 nitrogen and oxygen atoms in total. The second-order valence-corrected chi connectivity index (χ2v) is 6.93. The minimum absolute atomic E-state index is 0.150. The number of carbonyl (C=O) groups is 2. The Bertz CT molecular complexity index is 1270. The maximum Gasteiger partial charge on any atom is 0.255 e. The molecule has 2 N–H and O–H groups in total. The normalized spacial score (nSPS) is 10.5. The third-order valence-corrected chi connectivity index (χ3v) is 4.63. The van der Waals surface area contributed by atoms with Gasteiger partial charge in [-0.3, -0.25) is 9.59 Å². The maximum absolute atomic E-state index is 13.1. The third kappa shape index (κ3) is 5.37. The standard InChI is InChI=1S/C23H19FN6O3/c1-33-18-12-10-17(11-13-18)25-21(31)14-30-28-22(27-29-30)19-4-2-3-5-20(19)26-23(32)15-6-8-16(24)9-7-15/h2-13H,14H2,1H3,(H,25,31)(H,26,32). The van der Waals surface area contributed by atoms with Crippen LogP contribution in [0.3, 0.4) is 0 Å². The SMILES string of the molecule is COc1ccc(NC(=O)Cn2nnc(-c3ccccc3NC(=O)c3ccc(F)cc3)n2)cc1. The van der Waals surface area contributed by atoms with E-state index < -0.39 is 11.7 Å². The molecule has 166 valence electrons. The number of para-hydroxylation sites is 1. The number of aromatic nitrogens is 4. The first-order chi connectivity index (χ1) is 16.0. The number of ether oxygens (including phenoxy) is 1. The van der Waals surface area contributed by atoms with E-state index in [9.17, 15) is 14.0 Å². The van der Waals surface area contributed by atoms with Crippen LogP contribution in [0.5, 0.6) is 5.75 Å². The van der Waals surface area contributed by atoms with E-state index >= 15 is 0 Å². The Labute approximate surface area is 188 Å². The van der Waals surface area contributed by atoms with E-state index in [1.165, 1.54) is 24.3 Å². The second-order valence-electron chi connectivity index (χ2n) is 6.93. The van der Waals surface area contributed by atoms with E-state index in [2.05, 4.69) is 26.0 Å². The average Bonchev–Trinajstić information content (AvgIpc) is 3.28. The molecule has 0 atom stereocenters. The lowest BCUT2D eigenvalue weighted by Gasteiger charge is -2.08. The number of hydrogen-bond acceptors (Lipinski definition) is 6. The predicted molar refractivity (Wildman–Crippen MR) is 119 cm³/mol. The van der Waals surface area contributed by atoms with Gasteiger partial charge in [0, 0.05) is 16.8 Å². The molecule has 0 aliphatic heterocycles. The molecule has 4 rings (SSSR count). The van der Waals surface area contributed by atoms with Gasteiger partial charge in [-0.1, -0.05) is 12.1 Å². The van der Waals surface area contributed by atoms with Crippen molar-refractivity contribution in [1.29, 1.82) is 0 Å². The summed E-state index contributed by atoms with van der Waals surface area (Å²) < 4.78 is 18.2. The lowest BCUT2D eigenvalue weighted by Crippen LogP contribution is -2.20. The van der Waals surface area contributed by atoms with Crippen LogP contribution in [0, 0.1) is 5.82 Å². The third-order valence-electron chi connectivity index (χ3n) is 4.63. The van der Waals surface area contributed by atoms with Gasteiger partial charge in [0.25, 0.3) is 5.91 Å². The summed E-state index contributed by atoms with van der Waals surface area (Å²) in [6.45, 7) is -0.150. The van der Waals surface area contributed by atoms with Crippen LogP contribution in [0.15, 0.2) is 72.8 Å². The predicted octanol–water partition coefficient (Wildman–Crippen LogP) is 3.38. The zero-order valence-corrected chi connectivity index (χ0v) is 17.5. The Balaban J connectivity index is 1.45. The number of halogens is 1. The van der Waals surface area contributed by atoms with Crippen molar-refractivity contribution in [2.75, 3.05) is 17.7 Å². The summed E-state index contributed by atoms with van der Waals surface area (Å²) in [6, 6.07) is 19.0. The van der Waals surface area contributed by atoms with Crippen LogP contribution in [-0.4, -0.2) is 39.1 Å². The number of nitrogens with one attached hydrogen (secondary N) is 2. The quantitative estimate of drug-likeness (QED) is 0.450. The monoisotopic (exact) mass is 446 g/mol. The number of methoxy groups -OCH3 is 1. The molecule has 0 saturated heterocycles. The van der Waals surface area contributed by atoms with Gasteiger partial charge in [0.2, 0.25) is 11.7 Å². The molecule has 2 amide bonds. The smallest absolute Gasteiger partial charge is 0.255 e. The number of nitrogens with zero attached hydrogens (tertiary/aromatic N) is 4. The maximum atomic E-state index is 13.1. The number of carbonyl (C=O) groups excluding carboxylic acids is 2. The first kappa shape index (κ1) is 21.6. The van der Waals surface area contributed by atoms with Gasteiger partial charge in [-0.15, -0.1) is 10.2 Å². The van der Waals surface area contributed by atoms with Crippen molar-refractivity contribution in [3.05, 3.63) is 84.2 Å². The van der Waals surface area contributed by atoms with Crippen LogP contribution in [-0.2, 0) is 11.3 Å². The van der Waals surface area contributed by atoms with Gasteiger partial charge in [0.05, 0.1) is 12.8 Å². The highest BCUT2D eigenvalue weighted by Crippen LogP contribution is 2.25. The Hall–Kier alpha value is -4.60. The van der Waals surface area contributed by atoms with E-state index in [1.807, 2.05) is 0 Å². The van der Waals surface area contributed by atoms with Crippen LogP contribution in [0.25, 0.3) is 11.4 Å². The lowest BCUT2D eigenvalue weighted by atomic mass is 10.1. The Morgan fingerprint density at radius 2 is 1.70 bits per heavy atom. The second kappa shape index (κ2) is 9.69. The summed E-state index contributed by atoms with van der Waals surface area (Å²) in [5.74, 6) is -0.248. The molecule has 0 saturated carbocycles. The molecule has 3 aromatic carbocycles. The first-order valence-electron chi connectivity index (χ1n) is 9.90. The number of rotatable bonds is 7. The minimum atomic E-state index is -0.427. The molecule has 0 radical (unpaired) electrons. The van der Waals surface area contributed by atoms with E-state index in [0.29, 0.717) is 28.3 Å². The van der Waals surface area contributed by atoms with E-state index in [1.54, 1.807) is 55.6 Å². The van der Waals surface area contributed by atoms with E-state index in [4.69, 9.17) is 4.74 Å². The fraction of sp³-hybridized carbons (Fsp3) is 0.0870. The van der Waals surface area contributed by atoms with Gasteiger partial charge in [0.1, 0.15) is 18.1 Å². The molecule has 0 spiro atoms. The van der Waals surface area contributed by atoms with Crippen LogP contribution in [0.4, 0.5) is 15.8 Å². The summed E-state index contributed by atoms with van der Waals surface area (Å²) in [6.07, 6.45) is 0. The number of hydrogen-bond donors (Lipinski definition) is 2. The van der Waals surface area contributed by atoms with Gasteiger partial charge in [0.15, 0.2) is 0 Å². The van der Waals surface area contributed by atoms with Gasteiger partial charge in [-0.2, -0.15) is 4.80 Å². The van der Waals surface area contributed by atoms with Crippen LogP contribution in [0.1, 0.15) is 10.4 Å². The molecule has 1 heterocycles. The summed E-state index contributed by atoms with van der Waals surface area (Å²) in [7, 11) is 1.56. The summed E-state index contributed by atoms with van der Waals surface area (Å²) in [5, 5.41) is 17.7.